The van der Waals surface area contributed by atoms with E-state index in [1.165, 1.54) is 11.4 Å². The molecule has 0 aliphatic heterocycles. The molecule has 4 nitrogen and oxygen atoms in total. The molecule has 112 valence electrons. The van der Waals surface area contributed by atoms with Gasteiger partial charge in [0.05, 0.1) is 17.7 Å². The van der Waals surface area contributed by atoms with Gasteiger partial charge in [-0.2, -0.15) is 0 Å². The van der Waals surface area contributed by atoms with Crippen LogP contribution >= 0.6 is 15.9 Å². The highest BCUT2D eigenvalue weighted by atomic mass is 79.9. The van der Waals surface area contributed by atoms with Gasteiger partial charge in [0.25, 0.3) is 10.0 Å². The van der Waals surface area contributed by atoms with Crippen LogP contribution in [-0.4, -0.2) is 22.6 Å². The maximum Gasteiger partial charge on any atom is 0.264 e. The molecule has 0 atom stereocenters. The summed E-state index contributed by atoms with van der Waals surface area (Å²) in [5, 5.41) is 0. The molecule has 0 aromatic heterocycles. The van der Waals surface area contributed by atoms with E-state index < -0.39 is 10.0 Å². The zero-order chi connectivity index (χ0) is 15.6. The molecule has 2 aromatic carbocycles. The smallest absolute Gasteiger partial charge is 0.264 e. The largest absolute Gasteiger partial charge is 0.497 e. The predicted molar refractivity (Wildman–Crippen MR) is 87.5 cm³/mol. The van der Waals surface area contributed by atoms with Gasteiger partial charge < -0.3 is 4.74 Å². The SMILES string of the molecule is COc1cccc(N(C)S(=O)(=O)c2ccc(Br)c(C)c2)c1. The maximum absolute atomic E-state index is 12.7. The average Bonchev–Trinajstić information content (AvgIpc) is 2.49. The van der Waals surface area contributed by atoms with Crippen molar-refractivity contribution in [3.05, 3.63) is 52.5 Å². The van der Waals surface area contributed by atoms with Crippen molar-refractivity contribution in [2.75, 3.05) is 18.5 Å². The number of hydrogen-bond donors (Lipinski definition) is 0. The molecule has 0 unspecified atom stereocenters. The lowest BCUT2D eigenvalue weighted by molar-refractivity contribution is 0.415. The van der Waals surface area contributed by atoms with Crippen LogP contribution < -0.4 is 9.04 Å². The summed E-state index contributed by atoms with van der Waals surface area (Å²) in [5.74, 6) is 0.613. The van der Waals surface area contributed by atoms with E-state index in [0.717, 1.165) is 10.0 Å². The Bertz CT molecular complexity index is 759. The Morgan fingerprint density at radius 2 is 1.86 bits per heavy atom. The van der Waals surface area contributed by atoms with Gasteiger partial charge in [-0.25, -0.2) is 8.42 Å². The van der Waals surface area contributed by atoms with Crippen LogP contribution in [0.3, 0.4) is 0 Å². The lowest BCUT2D eigenvalue weighted by atomic mass is 10.2. The van der Waals surface area contributed by atoms with E-state index in [9.17, 15) is 8.42 Å². The molecule has 0 radical (unpaired) electrons. The zero-order valence-electron chi connectivity index (χ0n) is 12.0. The van der Waals surface area contributed by atoms with Gasteiger partial charge in [0.1, 0.15) is 5.75 Å². The Labute approximate surface area is 133 Å². The summed E-state index contributed by atoms with van der Waals surface area (Å²) in [6.07, 6.45) is 0. The standard InChI is InChI=1S/C15H16BrNO3S/c1-11-9-14(7-8-15(11)16)21(18,19)17(2)12-5-4-6-13(10-12)20-3/h4-10H,1-3H3. The Balaban J connectivity index is 2.44. The Hall–Kier alpha value is -1.53. The van der Waals surface area contributed by atoms with Crippen LogP contribution in [0.5, 0.6) is 5.75 Å². The molecule has 21 heavy (non-hydrogen) atoms. The topological polar surface area (TPSA) is 46.6 Å². The minimum atomic E-state index is -3.60. The summed E-state index contributed by atoms with van der Waals surface area (Å²) < 4.78 is 32.6. The number of halogens is 1. The van der Waals surface area contributed by atoms with Crippen LogP contribution in [0.4, 0.5) is 5.69 Å². The van der Waals surface area contributed by atoms with Crippen molar-refractivity contribution >= 4 is 31.6 Å². The Morgan fingerprint density at radius 1 is 1.14 bits per heavy atom. The predicted octanol–water partition coefficient (Wildman–Crippen LogP) is 3.59. The van der Waals surface area contributed by atoms with Crippen LogP contribution in [0.2, 0.25) is 0 Å². The molecule has 0 amide bonds. The monoisotopic (exact) mass is 369 g/mol. The third kappa shape index (κ3) is 3.22. The van der Waals surface area contributed by atoms with Crippen LogP contribution in [0.15, 0.2) is 51.8 Å². The number of nitrogens with zero attached hydrogens (tertiary/aromatic N) is 1. The molecule has 0 saturated heterocycles. The first-order chi connectivity index (χ1) is 9.86. The summed E-state index contributed by atoms with van der Waals surface area (Å²) in [5.41, 5.74) is 1.42. The lowest BCUT2D eigenvalue weighted by Crippen LogP contribution is -2.26. The molecule has 0 bridgehead atoms. The number of anilines is 1. The number of benzene rings is 2. The van der Waals surface area contributed by atoms with E-state index in [1.54, 1.807) is 49.6 Å². The van der Waals surface area contributed by atoms with Gasteiger partial charge in [0.2, 0.25) is 0 Å². The minimum absolute atomic E-state index is 0.258. The second-order valence-corrected chi connectivity index (χ2v) is 7.41. The molecule has 0 heterocycles. The molecule has 0 aliphatic rings. The van der Waals surface area contributed by atoms with E-state index in [-0.39, 0.29) is 4.90 Å². The van der Waals surface area contributed by atoms with Gasteiger partial charge in [-0.05, 0) is 42.8 Å². The molecule has 6 heteroatoms. The van der Waals surface area contributed by atoms with Crippen molar-refractivity contribution in [1.82, 2.24) is 0 Å². The molecule has 0 saturated carbocycles. The number of aryl methyl sites for hydroxylation is 1. The third-order valence-corrected chi connectivity index (χ3v) is 5.88. The van der Waals surface area contributed by atoms with Crippen LogP contribution in [0, 0.1) is 6.92 Å². The summed E-state index contributed by atoms with van der Waals surface area (Å²) >= 11 is 3.37. The highest BCUT2D eigenvalue weighted by Gasteiger charge is 2.22. The molecule has 0 fully saturated rings. The van der Waals surface area contributed by atoms with E-state index in [4.69, 9.17) is 4.74 Å². The number of sulfonamides is 1. The summed E-state index contributed by atoms with van der Waals surface area (Å²) in [6.45, 7) is 1.86. The molecule has 0 N–H and O–H groups in total. The molecule has 2 rings (SSSR count). The number of ether oxygens (including phenoxy) is 1. The van der Waals surface area contributed by atoms with E-state index >= 15 is 0 Å². The molecular formula is C15H16BrNO3S. The Kier molecular flexibility index (Phi) is 4.58. The van der Waals surface area contributed by atoms with Gasteiger partial charge in [-0.3, -0.25) is 4.31 Å². The second-order valence-electron chi connectivity index (χ2n) is 4.59. The van der Waals surface area contributed by atoms with E-state index in [0.29, 0.717) is 11.4 Å². The summed E-state index contributed by atoms with van der Waals surface area (Å²) in [7, 11) is -0.523. The first kappa shape index (κ1) is 15.9. The second kappa shape index (κ2) is 6.07. The van der Waals surface area contributed by atoms with Crippen molar-refractivity contribution in [2.45, 2.75) is 11.8 Å². The highest BCUT2D eigenvalue weighted by molar-refractivity contribution is 9.10. The lowest BCUT2D eigenvalue weighted by Gasteiger charge is -2.20. The van der Waals surface area contributed by atoms with Crippen LogP contribution in [-0.2, 0) is 10.0 Å². The van der Waals surface area contributed by atoms with Crippen molar-refractivity contribution in [1.29, 1.82) is 0 Å². The number of methoxy groups -OCH3 is 1. The van der Waals surface area contributed by atoms with Crippen LogP contribution in [0.1, 0.15) is 5.56 Å². The highest BCUT2D eigenvalue weighted by Crippen LogP contribution is 2.27. The first-order valence-corrected chi connectivity index (χ1v) is 8.48. The minimum Gasteiger partial charge on any atom is -0.497 e. The normalized spacial score (nSPS) is 11.2. The number of hydrogen-bond acceptors (Lipinski definition) is 3. The molecule has 0 spiro atoms. The Morgan fingerprint density at radius 3 is 2.48 bits per heavy atom. The van der Waals surface area contributed by atoms with Gasteiger partial charge in [-0.1, -0.05) is 22.0 Å². The van der Waals surface area contributed by atoms with Crippen molar-refractivity contribution in [3.63, 3.8) is 0 Å². The first-order valence-electron chi connectivity index (χ1n) is 6.25. The van der Waals surface area contributed by atoms with Gasteiger partial charge in [0.15, 0.2) is 0 Å². The molecule has 2 aromatic rings. The van der Waals surface area contributed by atoms with Crippen molar-refractivity contribution < 1.29 is 13.2 Å². The molecule has 0 aliphatic carbocycles. The van der Waals surface area contributed by atoms with E-state index in [2.05, 4.69) is 15.9 Å². The molecular weight excluding hydrogens is 354 g/mol. The van der Waals surface area contributed by atoms with Gasteiger partial charge >= 0.3 is 0 Å². The van der Waals surface area contributed by atoms with E-state index in [1.807, 2.05) is 6.92 Å². The van der Waals surface area contributed by atoms with Gasteiger partial charge in [0, 0.05) is 17.6 Å². The van der Waals surface area contributed by atoms with Gasteiger partial charge in [-0.15, -0.1) is 0 Å². The van der Waals surface area contributed by atoms with Crippen LogP contribution in [0.25, 0.3) is 0 Å². The zero-order valence-corrected chi connectivity index (χ0v) is 14.4. The van der Waals surface area contributed by atoms with Crippen molar-refractivity contribution in [3.8, 4) is 5.75 Å². The maximum atomic E-state index is 12.7. The fourth-order valence-electron chi connectivity index (χ4n) is 1.88. The average molecular weight is 370 g/mol. The quantitative estimate of drug-likeness (QED) is 0.826. The fraction of sp³-hybridized carbons (Fsp3) is 0.200. The fourth-order valence-corrected chi connectivity index (χ4v) is 3.40. The summed E-state index contributed by atoms with van der Waals surface area (Å²) in [6, 6.07) is 11.9. The third-order valence-electron chi connectivity index (χ3n) is 3.20. The van der Waals surface area contributed by atoms with Crippen molar-refractivity contribution in [2.24, 2.45) is 0 Å². The number of rotatable bonds is 4. The summed E-state index contributed by atoms with van der Waals surface area (Å²) in [4.78, 5) is 0.258.